The van der Waals surface area contributed by atoms with Gasteiger partial charge in [-0.2, -0.15) is 0 Å². The van der Waals surface area contributed by atoms with Gasteiger partial charge in [0.25, 0.3) is 5.91 Å². The van der Waals surface area contributed by atoms with E-state index in [0.717, 1.165) is 16.7 Å². The summed E-state index contributed by atoms with van der Waals surface area (Å²) in [6, 6.07) is 7.63. The average Bonchev–Trinajstić information content (AvgIpc) is 2.62. The Balaban J connectivity index is 2.18. The Morgan fingerprint density at radius 2 is 1.74 bits per heavy atom. The minimum atomic E-state index is -1.06. The van der Waals surface area contributed by atoms with Crippen molar-refractivity contribution in [3.05, 3.63) is 58.4 Å². The number of carbonyl (C=O) groups is 2. The van der Waals surface area contributed by atoms with Gasteiger partial charge in [-0.1, -0.05) is 18.6 Å². The van der Waals surface area contributed by atoms with Crippen LogP contribution in [-0.2, 0) is 0 Å². The molecule has 142 valence electrons. The highest BCUT2D eigenvalue weighted by Gasteiger charge is 2.37. The summed E-state index contributed by atoms with van der Waals surface area (Å²) < 4.78 is 14.3. The van der Waals surface area contributed by atoms with Crippen LogP contribution < -0.4 is 9.80 Å². The second-order valence-corrected chi connectivity index (χ2v) is 7.04. The number of hydrogen-bond donors (Lipinski definition) is 1. The van der Waals surface area contributed by atoms with Gasteiger partial charge in [0.2, 0.25) is 0 Å². The van der Waals surface area contributed by atoms with Crippen LogP contribution in [0.25, 0.3) is 0 Å². The lowest BCUT2D eigenvalue weighted by atomic mass is 9.99. The number of anilines is 2. The van der Waals surface area contributed by atoms with Crippen LogP contribution in [0.15, 0.2) is 30.3 Å². The van der Waals surface area contributed by atoms with Gasteiger partial charge in [-0.05, 0) is 62.6 Å². The van der Waals surface area contributed by atoms with E-state index < -0.39 is 23.9 Å². The number of carboxylic acid groups (broad SMARTS) is 1. The summed E-state index contributed by atoms with van der Waals surface area (Å²) in [7, 11) is 0. The Bertz CT molecular complexity index is 926. The molecule has 6 heteroatoms. The van der Waals surface area contributed by atoms with Crippen LogP contribution >= 0.6 is 0 Å². The Morgan fingerprint density at radius 1 is 1.11 bits per heavy atom. The van der Waals surface area contributed by atoms with E-state index in [1.165, 1.54) is 21.9 Å². The van der Waals surface area contributed by atoms with E-state index >= 15 is 0 Å². The van der Waals surface area contributed by atoms with Crippen LogP contribution in [0, 0.1) is 26.6 Å². The first-order valence-electron chi connectivity index (χ1n) is 8.96. The van der Waals surface area contributed by atoms with Crippen molar-refractivity contribution in [2.24, 2.45) is 0 Å². The molecule has 1 aliphatic heterocycles. The maximum Gasteiger partial charge on any atom is 0.412 e. The van der Waals surface area contributed by atoms with Crippen LogP contribution in [0.5, 0.6) is 0 Å². The molecule has 0 saturated carbocycles. The van der Waals surface area contributed by atoms with E-state index in [4.69, 9.17) is 0 Å². The highest BCUT2D eigenvalue weighted by Crippen LogP contribution is 2.39. The van der Waals surface area contributed by atoms with Crippen molar-refractivity contribution in [2.75, 3.05) is 16.3 Å². The third-order valence-corrected chi connectivity index (χ3v) is 5.17. The van der Waals surface area contributed by atoms with Crippen molar-refractivity contribution < 1.29 is 19.1 Å². The first kappa shape index (κ1) is 18.9. The highest BCUT2D eigenvalue weighted by molar-refractivity contribution is 6.10. The number of benzene rings is 2. The van der Waals surface area contributed by atoms with Crippen LogP contribution in [0.3, 0.4) is 0 Å². The second-order valence-electron chi connectivity index (χ2n) is 7.04. The van der Waals surface area contributed by atoms with Crippen molar-refractivity contribution >= 4 is 23.4 Å². The van der Waals surface area contributed by atoms with Gasteiger partial charge in [-0.3, -0.25) is 9.69 Å². The summed E-state index contributed by atoms with van der Waals surface area (Å²) in [6.07, 6.45) is -0.515. The van der Waals surface area contributed by atoms with Gasteiger partial charge < -0.3 is 10.0 Å². The van der Waals surface area contributed by atoms with E-state index in [-0.39, 0.29) is 12.1 Å². The van der Waals surface area contributed by atoms with Crippen LogP contribution in [0.2, 0.25) is 0 Å². The Hall–Kier alpha value is -2.89. The Kier molecular flexibility index (Phi) is 4.91. The summed E-state index contributed by atoms with van der Waals surface area (Å²) in [6.45, 7) is 7.67. The topological polar surface area (TPSA) is 60.9 Å². The molecule has 1 N–H and O–H groups in total. The Labute approximate surface area is 158 Å². The molecule has 0 aliphatic carbocycles. The van der Waals surface area contributed by atoms with Crippen molar-refractivity contribution in [1.82, 2.24) is 0 Å². The molecule has 1 atom stereocenters. The van der Waals surface area contributed by atoms with Crippen molar-refractivity contribution in [3.8, 4) is 0 Å². The summed E-state index contributed by atoms with van der Waals surface area (Å²) in [5.74, 6) is -1.03. The number of amides is 2. The molecule has 27 heavy (non-hydrogen) atoms. The van der Waals surface area contributed by atoms with Gasteiger partial charge in [0.15, 0.2) is 0 Å². The second kappa shape index (κ2) is 7.02. The first-order valence-corrected chi connectivity index (χ1v) is 8.96. The standard InChI is InChI=1S/C21H23FN2O3/c1-5-15-11-23(20(25)16-8-12(2)6-7-17(16)22)18-9-13(3)14(4)10-19(18)24(15)21(26)27/h6-10,15H,5,11H2,1-4H3,(H,26,27). The lowest BCUT2D eigenvalue weighted by Crippen LogP contribution is -2.53. The van der Waals surface area contributed by atoms with E-state index in [1.54, 1.807) is 25.1 Å². The van der Waals surface area contributed by atoms with Gasteiger partial charge >= 0.3 is 6.09 Å². The van der Waals surface area contributed by atoms with Gasteiger partial charge in [0, 0.05) is 6.54 Å². The molecule has 0 bridgehead atoms. The monoisotopic (exact) mass is 370 g/mol. The minimum absolute atomic E-state index is 0.00203. The predicted octanol–water partition coefficient (Wildman–Crippen LogP) is 4.67. The summed E-state index contributed by atoms with van der Waals surface area (Å²) in [5, 5.41) is 9.73. The zero-order valence-corrected chi connectivity index (χ0v) is 15.9. The molecular weight excluding hydrogens is 347 g/mol. The SMILES string of the molecule is CCC1CN(C(=O)c2cc(C)ccc2F)c2cc(C)c(C)cc2N1C(=O)O. The molecule has 1 unspecified atom stereocenters. The third kappa shape index (κ3) is 3.27. The molecule has 0 radical (unpaired) electrons. The molecular formula is C21H23FN2O3. The molecule has 0 spiro atoms. The van der Waals surface area contributed by atoms with Crippen LogP contribution in [0.1, 0.15) is 40.4 Å². The summed E-state index contributed by atoms with van der Waals surface area (Å²) >= 11 is 0. The van der Waals surface area contributed by atoms with E-state index in [0.29, 0.717) is 17.8 Å². The number of nitrogens with zero attached hydrogens (tertiary/aromatic N) is 2. The molecule has 2 amide bonds. The molecule has 2 aromatic carbocycles. The molecule has 5 nitrogen and oxygen atoms in total. The number of aryl methyl sites for hydroxylation is 3. The third-order valence-electron chi connectivity index (χ3n) is 5.17. The fourth-order valence-electron chi connectivity index (χ4n) is 3.49. The quantitative estimate of drug-likeness (QED) is 0.835. The molecule has 0 fully saturated rings. The molecule has 2 aromatic rings. The maximum absolute atomic E-state index is 14.3. The van der Waals surface area contributed by atoms with E-state index in [1.807, 2.05) is 20.8 Å². The van der Waals surface area contributed by atoms with Gasteiger partial charge in [-0.25, -0.2) is 9.18 Å². The van der Waals surface area contributed by atoms with Crippen molar-refractivity contribution in [1.29, 1.82) is 0 Å². The first-order chi connectivity index (χ1) is 12.7. The zero-order chi connectivity index (χ0) is 19.9. The smallest absolute Gasteiger partial charge is 0.412 e. The number of hydrogen-bond acceptors (Lipinski definition) is 2. The average molecular weight is 370 g/mol. The normalized spacial score (nSPS) is 16.3. The largest absolute Gasteiger partial charge is 0.465 e. The maximum atomic E-state index is 14.3. The lowest BCUT2D eigenvalue weighted by molar-refractivity contribution is 0.0978. The highest BCUT2D eigenvalue weighted by atomic mass is 19.1. The van der Waals surface area contributed by atoms with Gasteiger partial charge in [0.05, 0.1) is 23.0 Å². The van der Waals surface area contributed by atoms with Gasteiger partial charge in [0.1, 0.15) is 5.82 Å². The molecule has 0 aromatic heterocycles. The minimum Gasteiger partial charge on any atom is -0.465 e. The summed E-state index contributed by atoms with van der Waals surface area (Å²) in [5.41, 5.74) is 3.62. The van der Waals surface area contributed by atoms with Crippen LogP contribution in [0.4, 0.5) is 20.6 Å². The van der Waals surface area contributed by atoms with E-state index in [9.17, 15) is 19.1 Å². The van der Waals surface area contributed by atoms with Crippen molar-refractivity contribution in [3.63, 3.8) is 0 Å². The summed E-state index contributed by atoms with van der Waals surface area (Å²) in [4.78, 5) is 27.9. The number of fused-ring (bicyclic) bond motifs is 1. The molecule has 1 aliphatic rings. The fraction of sp³-hybridized carbons (Fsp3) is 0.333. The molecule has 3 rings (SSSR count). The molecule has 0 saturated heterocycles. The van der Waals surface area contributed by atoms with Crippen LogP contribution in [-0.4, -0.2) is 29.7 Å². The fourth-order valence-corrected chi connectivity index (χ4v) is 3.49. The number of halogens is 1. The molecule has 1 heterocycles. The lowest BCUT2D eigenvalue weighted by Gasteiger charge is -2.41. The number of carbonyl (C=O) groups excluding carboxylic acids is 1. The predicted molar refractivity (Wildman–Crippen MR) is 103 cm³/mol. The Morgan fingerprint density at radius 3 is 2.33 bits per heavy atom. The zero-order valence-electron chi connectivity index (χ0n) is 15.9. The number of rotatable bonds is 2. The van der Waals surface area contributed by atoms with E-state index in [2.05, 4.69) is 0 Å². The van der Waals surface area contributed by atoms with Gasteiger partial charge in [-0.15, -0.1) is 0 Å². The van der Waals surface area contributed by atoms with Crippen molar-refractivity contribution in [2.45, 2.75) is 40.2 Å².